The van der Waals surface area contributed by atoms with Crippen LogP contribution >= 0.6 is 11.8 Å². The van der Waals surface area contributed by atoms with Crippen molar-refractivity contribution < 1.29 is 32.2 Å². The van der Waals surface area contributed by atoms with Gasteiger partial charge in [-0.2, -0.15) is 13.2 Å². The second kappa shape index (κ2) is 11.9. The highest BCUT2D eigenvalue weighted by Crippen LogP contribution is 2.44. The van der Waals surface area contributed by atoms with Gasteiger partial charge in [0.05, 0.1) is 11.0 Å². The molecule has 1 aromatic carbocycles. The molecule has 3 atom stereocenters. The molecule has 1 aliphatic heterocycles. The molecular formula is C27H39F3N2O4S. The van der Waals surface area contributed by atoms with E-state index in [-0.39, 0.29) is 23.2 Å². The molecule has 1 saturated heterocycles. The lowest BCUT2D eigenvalue weighted by Crippen LogP contribution is -2.49. The molecule has 0 bridgehead atoms. The fraction of sp³-hybridized carbons (Fsp3) is 0.704. The van der Waals surface area contributed by atoms with Gasteiger partial charge in [0.2, 0.25) is 5.91 Å². The van der Waals surface area contributed by atoms with E-state index in [9.17, 15) is 22.8 Å². The van der Waals surface area contributed by atoms with Crippen LogP contribution in [0.25, 0.3) is 0 Å². The highest BCUT2D eigenvalue weighted by molar-refractivity contribution is 8.00. The van der Waals surface area contributed by atoms with Gasteiger partial charge in [-0.3, -0.25) is 9.59 Å². The summed E-state index contributed by atoms with van der Waals surface area (Å²) in [5.41, 5.74) is -1.30. The fourth-order valence-electron chi connectivity index (χ4n) is 5.21. The molecular weight excluding hydrogens is 505 g/mol. The topological polar surface area (TPSA) is 76.7 Å². The van der Waals surface area contributed by atoms with Crippen LogP contribution in [0, 0.1) is 5.41 Å². The Morgan fingerprint density at radius 2 is 1.84 bits per heavy atom. The van der Waals surface area contributed by atoms with Gasteiger partial charge in [0.15, 0.2) is 0 Å². The average Bonchev–Trinajstić information content (AvgIpc) is 3.22. The zero-order valence-electron chi connectivity index (χ0n) is 22.3. The molecule has 1 aliphatic carbocycles. The third-order valence-corrected chi connectivity index (χ3v) is 8.29. The zero-order valence-corrected chi connectivity index (χ0v) is 23.1. The van der Waals surface area contributed by atoms with Crippen molar-refractivity contribution in [2.24, 2.45) is 5.41 Å². The molecule has 2 aliphatic rings. The van der Waals surface area contributed by atoms with Crippen LogP contribution in [0.1, 0.15) is 77.8 Å². The van der Waals surface area contributed by atoms with E-state index >= 15 is 0 Å². The summed E-state index contributed by atoms with van der Waals surface area (Å²) >= 11 is 1.46. The summed E-state index contributed by atoms with van der Waals surface area (Å²) in [7, 11) is 0. The highest BCUT2D eigenvalue weighted by atomic mass is 32.2. The van der Waals surface area contributed by atoms with E-state index in [4.69, 9.17) is 9.47 Å². The third-order valence-electron chi connectivity index (χ3n) is 7.06. The molecule has 6 nitrogen and oxygen atoms in total. The van der Waals surface area contributed by atoms with Crippen LogP contribution in [0.4, 0.5) is 13.2 Å². The molecule has 0 radical (unpaired) electrons. The van der Waals surface area contributed by atoms with E-state index in [0.29, 0.717) is 42.6 Å². The van der Waals surface area contributed by atoms with E-state index in [1.807, 2.05) is 20.8 Å². The van der Waals surface area contributed by atoms with Crippen LogP contribution in [0.15, 0.2) is 23.1 Å². The van der Waals surface area contributed by atoms with E-state index in [0.717, 1.165) is 31.4 Å². The molecule has 208 valence electrons. The van der Waals surface area contributed by atoms with Crippen molar-refractivity contribution in [2.75, 3.05) is 13.2 Å². The molecule has 1 amide bonds. The van der Waals surface area contributed by atoms with Crippen molar-refractivity contribution in [3.05, 3.63) is 29.3 Å². The first-order valence-electron chi connectivity index (χ1n) is 12.9. The van der Waals surface area contributed by atoms with Gasteiger partial charge in [0.1, 0.15) is 6.10 Å². The first-order chi connectivity index (χ1) is 17.2. The Labute approximate surface area is 221 Å². The van der Waals surface area contributed by atoms with Crippen LogP contribution in [0.3, 0.4) is 0 Å². The molecule has 2 N–H and O–H groups in total. The minimum absolute atomic E-state index is 0.0479. The van der Waals surface area contributed by atoms with Crippen LogP contribution in [-0.4, -0.2) is 48.0 Å². The number of benzene rings is 1. The number of alkyl halides is 3. The SMILES string of the molecule is CC(=O)O[C@H](C)[C@]1(C(=O)NCc2cc(C(F)(F)F)ccc2SC(C)(C)C)CC[C@@H](NC2CCOCC2)C1. The monoisotopic (exact) mass is 544 g/mol. The minimum atomic E-state index is -4.48. The molecule has 0 aromatic heterocycles. The lowest BCUT2D eigenvalue weighted by molar-refractivity contribution is -0.157. The molecule has 37 heavy (non-hydrogen) atoms. The minimum Gasteiger partial charge on any atom is -0.462 e. The molecule has 3 rings (SSSR count). The van der Waals surface area contributed by atoms with Gasteiger partial charge in [-0.25, -0.2) is 0 Å². The van der Waals surface area contributed by atoms with Crippen molar-refractivity contribution in [3.8, 4) is 0 Å². The summed E-state index contributed by atoms with van der Waals surface area (Å²) in [4.78, 5) is 26.2. The lowest BCUT2D eigenvalue weighted by atomic mass is 9.79. The number of amides is 1. The summed E-state index contributed by atoms with van der Waals surface area (Å²) in [5, 5.41) is 6.55. The van der Waals surface area contributed by atoms with Gasteiger partial charge in [0, 0.05) is 48.4 Å². The summed E-state index contributed by atoms with van der Waals surface area (Å²) in [6.45, 7) is 10.3. The van der Waals surface area contributed by atoms with Crippen LogP contribution < -0.4 is 10.6 Å². The maximum absolute atomic E-state index is 13.7. The lowest BCUT2D eigenvalue weighted by Gasteiger charge is -2.34. The predicted molar refractivity (Wildman–Crippen MR) is 137 cm³/mol. The predicted octanol–water partition coefficient (Wildman–Crippen LogP) is 5.47. The Morgan fingerprint density at radius 1 is 1.16 bits per heavy atom. The van der Waals surface area contributed by atoms with Gasteiger partial charge < -0.3 is 20.1 Å². The standard InChI is InChI=1S/C27H39F3N2O4S/c1-17(36-18(2)33)26(11-8-22(15-26)32-21-9-12-35-13-10-21)24(34)31-16-19-14-20(27(28,29)30)6-7-23(19)37-25(3,4)5/h6-7,14,17,21-22,32H,8-13,15-16H2,1-5H3,(H,31,34)/t17-,22-,26+/m1/s1. The fourth-order valence-corrected chi connectivity index (χ4v) is 6.27. The maximum Gasteiger partial charge on any atom is 0.416 e. The Hall–Kier alpha value is -1.78. The average molecular weight is 545 g/mol. The largest absolute Gasteiger partial charge is 0.462 e. The van der Waals surface area contributed by atoms with Crippen LogP contribution in [-0.2, 0) is 31.8 Å². The molecule has 1 saturated carbocycles. The first-order valence-corrected chi connectivity index (χ1v) is 13.7. The second-order valence-electron chi connectivity index (χ2n) is 11.1. The second-order valence-corrected chi connectivity index (χ2v) is 13.0. The van der Waals surface area contributed by atoms with Gasteiger partial charge in [-0.15, -0.1) is 11.8 Å². The van der Waals surface area contributed by atoms with E-state index in [1.54, 1.807) is 6.92 Å². The number of carbonyl (C=O) groups is 2. The smallest absolute Gasteiger partial charge is 0.416 e. The number of ether oxygens (including phenoxy) is 2. The quantitative estimate of drug-likeness (QED) is 0.334. The Kier molecular flexibility index (Phi) is 9.61. The first kappa shape index (κ1) is 29.8. The number of hydrogen-bond donors (Lipinski definition) is 2. The van der Waals surface area contributed by atoms with E-state index < -0.39 is 29.2 Å². The van der Waals surface area contributed by atoms with Gasteiger partial charge >= 0.3 is 12.1 Å². The molecule has 0 spiro atoms. The number of carbonyl (C=O) groups excluding carboxylic acids is 2. The normalized spacial score (nSPS) is 24.1. The Bertz CT molecular complexity index is 960. The van der Waals surface area contributed by atoms with Crippen molar-refractivity contribution >= 4 is 23.6 Å². The van der Waals surface area contributed by atoms with E-state index in [1.165, 1.54) is 24.8 Å². The van der Waals surface area contributed by atoms with Crippen molar-refractivity contribution in [2.45, 2.75) is 107 Å². The van der Waals surface area contributed by atoms with Crippen molar-refractivity contribution in [3.63, 3.8) is 0 Å². The Balaban J connectivity index is 1.80. The summed E-state index contributed by atoms with van der Waals surface area (Å²) in [5.74, 6) is -0.774. The highest BCUT2D eigenvalue weighted by Gasteiger charge is 2.51. The number of thioether (sulfide) groups is 1. The van der Waals surface area contributed by atoms with Gasteiger partial charge in [-0.05, 0) is 62.8 Å². The molecule has 10 heteroatoms. The van der Waals surface area contributed by atoms with E-state index in [2.05, 4.69) is 10.6 Å². The number of esters is 1. The Morgan fingerprint density at radius 3 is 2.43 bits per heavy atom. The summed E-state index contributed by atoms with van der Waals surface area (Å²) in [6.07, 6.45) is -1.61. The van der Waals surface area contributed by atoms with Crippen molar-refractivity contribution in [1.82, 2.24) is 10.6 Å². The van der Waals surface area contributed by atoms with Crippen LogP contribution in [0.2, 0.25) is 0 Å². The molecule has 0 unspecified atom stereocenters. The van der Waals surface area contributed by atoms with Crippen molar-refractivity contribution in [1.29, 1.82) is 0 Å². The number of halogens is 3. The van der Waals surface area contributed by atoms with Gasteiger partial charge in [0.25, 0.3) is 0 Å². The van der Waals surface area contributed by atoms with Gasteiger partial charge in [-0.1, -0.05) is 20.8 Å². The number of rotatable bonds is 8. The number of hydrogen-bond acceptors (Lipinski definition) is 6. The molecule has 2 fully saturated rings. The summed E-state index contributed by atoms with van der Waals surface area (Å²) < 4.78 is 51.1. The molecule has 1 heterocycles. The zero-order chi connectivity index (χ0) is 27.4. The van der Waals surface area contributed by atoms with Crippen LogP contribution in [0.5, 0.6) is 0 Å². The summed E-state index contributed by atoms with van der Waals surface area (Å²) in [6, 6.07) is 4.05. The maximum atomic E-state index is 13.7. The number of nitrogens with one attached hydrogen (secondary N) is 2. The molecule has 1 aromatic rings. The third kappa shape index (κ3) is 8.10.